The van der Waals surface area contributed by atoms with Gasteiger partial charge in [0.2, 0.25) is 0 Å². The van der Waals surface area contributed by atoms with Crippen LogP contribution in [0.5, 0.6) is 0 Å². The second-order valence-corrected chi connectivity index (χ2v) is 5.30. The van der Waals surface area contributed by atoms with E-state index in [1.54, 1.807) is 5.57 Å². The predicted molar refractivity (Wildman–Crippen MR) is 62.3 cm³/mol. The molecule has 0 aromatic heterocycles. The Hall–Kier alpha value is -0.260. The van der Waals surface area contributed by atoms with Crippen LogP contribution in [0.1, 0.15) is 64.7 Å². The van der Waals surface area contributed by atoms with Crippen LogP contribution in [-0.4, -0.2) is 0 Å². The Morgan fingerprint density at radius 2 is 1.43 bits per heavy atom. The summed E-state index contributed by atoms with van der Waals surface area (Å²) >= 11 is 0. The van der Waals surface area contributed by atoms with Gasteiger partial charge < -0.3 is 0 Å². The number of hydrogen-bond donors (Lipinski definition) is 0. The molecule has 0 bridgehead atoms. The fourth-order valence-corrected chi connectivity index (χ4v) is 2.97. The molecule has 2 rings (SSSR count). The summed E-state index contributed by atoms with van der Waals surface area (Å²) in [7, 11) is 0. The van der Waals surface area contributed by atoms with E-state index in [4.69, 9.17) is 0 Å². The summed E-state index contributed by atoms with van der Waals surface area (Å²) in [6.07, 6.45) is 15.7. The van der Waals surface area contributed by atoms with E-state index in [0.29, 0.717) is 0 Å². The van der Waals surface area contributed by atoms with Crippen molar-refractivity contribution in [1.29, 1.82) is 0 Å². The molecule has 2 saturated carbocycles. The summed E-state index contributed by atoms with van der Waals surface area (Å²) < 4.78 is 0. The smallest absolute Gasteiger partial charge is 0.0292 e. The van der Waals surface area contributed by atoms with Crippen LogP contribution in [0.2, 0.25) is 0 Å². The minimum absolute atomic E-state index is 1.04. The van der Waals surface area contributed by atoms with Gasteiger partial charge >= 0.3 is 0 Å². The molecule has 0 spiro atoms. The number of allylic oxidation sites excluding steroid dienone is 2. The maximum Gasteiger partial charge on any atom is -0.0292 e. The molecule has 80 valence electrons. The Morgan fingerprint density at radius 3 is 1.79 bits per heavy atom. The van der Waals surface area contributed by atoms with Gasteiger partial charge in [-0.3, -0.25) is 0 Å². The molecule has 0 heteroatoms. The number of hydrogen-bond acceptors (Lipinski definition) is 0. The van der Waals surface area contributed by atoms with E-state index in [1.165, 1.54) is 57.8 Å². The Morgan fingerprint density at radius 1 is 0.929 bits per heavy atom. The van der Waals surface area contributed by atoms with Gasteiger partial charge in [-0.1, -0.05) is 56.6 Å². The van der Waals surface area contributed by atoms with Gasteiger partial charge in [-0.05, 0) is 31.6 Å². The van der Waals surface area contributed by atoms with Gasteiger partial charge in [-0.2, -0.15) is 0 Å². The molecule has 0 nitrogen and oxygen atoms in total. The summed E-state index contributed by atoms with van der Waals surface area (Å²) in [6.45, 7) is 2.24. The summed E-state index contributed by atoms with van der Waals surface area (Å²) in [5.74, 6) is 2.10. The first-order valence-corrected chi connectivity index (χ1v) is 6.52. The zero-order valence-corrected chi connectivity index (χ0v) is 9.60. The van der Waals surface area contributed by atoms with Crippen molar-refractivity contribution >= 4 is 0 Å². The van der Waals surface area contributed by atoms with Crippen molar-refractivity contribution in [3.05, 3.63) is 11.6 Å². The molecule has 2 aliphatic rings. The van der Waals surface area contributed by atoms with Crippen LogP contribution in [0.15, 0.2) is 11.6 Å². The third-order valence-corrected chi connectivity index (χ3v) is 4.21. The standard InChI is InChI=1S/C14H24/c1-2-12(11-14-8-5-9-14)10-13-6-3-4-7-13/h2,13-14H,3-11H2,1H3/b12-2+. The van der Waals surface area contributed by atoms with E-state index in [2.05, 4.69) is 13.0 Å². The fraction of sp³-hybridized carbons (Fsp3) is 0.857. The first-order chi connectivity index (χ1) is 6.88. The molecule has 0 N–H and O–H groups in total. The lowest BCUT2D eigenvalue weighted by Gasteiger charge is -2.27. The van der Waals surface area contributed by atoms with Crippen LogP contribution in [0, 0.1) is 11.8 Å². The van der Waals surface area contributed by atoms with Crippen LogP contribution in [0.4, 0.5) is 0 Å². The predicted octanol–water partition coefficient (Wildman–Crippen LogP) is 4.70. The minimum atomic E-state index is 1.04. The summed E-state index contributed by atoms with van der Waals surface area (Å²) in [4.78, 5) is 0. The summed E-state index contributed by atoms with van der Waals surface area (Å²) in [5, 5.41) is 0. The van der Waals surface area contributed by atoms with E-state index in [1.807, 2.05) is 0 Å². The molecular weight excluding hydrogens is 168 g/mol. The third-order valence-electron chi connectivity index (χ3n) is 4.21. The molecule has 0 unspecified atom stereocenters. The lowest BCUT2D eigenvalue weighted by Crippen LogP contribution is -2.12. The largest absolute Gasteiger partial charge is 0.0884 e. The van der Waals surface area contributed by atoms with E-state index in [0.717, 1.165) is 11.8 Å². The maximum absolute atomic E-state index is 2.40. The monoisotopic (exact) mass is 192 g/mol. The Balaban J connectivity index is 1.74. The van der Waals surface area contributed by atoms with Crippen molar-refractivity contribution in [2.45, 2.75) is 64.7 Å². The average Bonchev–Trinajstić information content (AvgIpc) is 2.61. The summed E-state index contributed by atoms with van der Waals surface area (Å²) in [5.41, 5.74) is 1.77. The Bertz CT molecular complexity index is 192. The quantitative estimate of drug-likeness (QED) is 0.566. The minimum Gasteiger partial charge on any atom is -0.0884 e. The molecule has 0 atom stereocenters. The molecule has 2 fully saturated rings. The Kier molecular flexibility index (Phi) is 3.67. The highest BCUT2D eigenvalue weighted by Crippen LogP contribution is 2.36. The van der Waals surface area contributed by atoms with Crippen molar-refractivity contribution in [3.63, 3.8) is 0 Å². The molecule has 0 aromatic rings. The third kappa shape index (κ3) is 2.62. The lowest BCUT2D eigenvalue weighted by atomic mass is 9.79. The molecule has 0 aromatic carbocycles. The van der Waals surface area contributed by atoms with Crippen molar-refractivity contribution < 1.29 is 0 Å². The molecule has 0 aliphatic heterocycles. The van der Waals surface area contributed by atoms with Gasteiger partial charge in [-0.15, -0.1) is 0 Å². The number of rotatable bonds is 4. The van der Waals surface area contributed by atoms with Crippen LogP contribution >= 0.6 is 0 Å². The molecule has 0 radical (unpaired) electrons. The lowest BCUT2D eigenvalue weighted by molar-refractivity contribution is 0.307. The highest BCUT2D eigenvalue weighted by molar-refractivity contribution is 5.04. The van der Waals surface area contributed by atoms with Crippen LogP contribution in [0.25, 0.3) is 0 Å². The zero-order chi connectivity index (χ0) is 9.80. The first-order valence-electron chi connectivity index (χ1n) is 6.52. The van der Waals surface area contributed by atoms with Gasteiger partial charge in [0.1, 0.15) is 0 Å². The van der Waals surface area contributed by atoms with Crippen molar-refractivity contribution in [2.75, 3.05) is 0 Å². The SMILES string of the molecule is C/C=C(\CC1CCCC1)CC1CCC1. The normalized spacial score (nSPS) is 25.4. The summed E-state index contributed by atoms with van der Waals surface area (Å²) in [6, 6.07) is 0. The van der Waals surface area contributed by atoms with Gasteiger partial charge in [0.05, 0.1) is 0 Å². The molecule has 14 heavy (non-hydrogen) atoms. The molecule has 2 aliphatic carbocycles. The van der Waals surface area contributed by atoms with Gasteiger partial charge in [0.15, 0.2) is 0 Å². The highest BCUT2D eigenvalue weighted by atomic mass is 14.3. The van der Waals surface area contributed by atoms with E-state index >= 15 is 0 Å². The van der Waals surface area contributed by atoms with Crippen molar-refractivity contribution in [3.8, 4) is 0 Å². The van der Waals surface area contributed by atoms with Crippen LogP contribution in [0.3, 0.4) is 0 Å². The van der Waals surface area contributed by atoms with Crippen LogP contribution in [-0.2, 0) is 0 Å². The maximum atomic E-state index is 2.40. The first kappa shape index (κ1) is 10.3. The molecule has 0 heterocycles. The van der Waals surface area contributed by atoms with E-state index in [-0.39, 0.29) is 0 Å². The van der Waals surface area contributed by atoms with E-state index in [9.17, 15) is 0 Å². The van der Waals surface area contributed by atoms with Gasteiger partial charge in [0.25, 0.3) is 0 Å². The molecule has 0 saturated heterocycles. The fourth-order valence-electron chi connectivity index (χ4n) is 2.97. The van der Waals surface area contributed by atoms with Gasteiger partial charge in [-0.25, -0.2) is 0 Å². The van der Waals surface area contributed by atoms with Crippen molar-refractivity contribution in [2.24, 2.45) is 11.8 Å². The molecule has 0 amide bonds. The van der Waals surface area contributed by atoms with Gasteiger partial charge in [0, 0.05) is 0 Å². The highest BCUT2D eigenvalue weighted by Gasteiger charge is 2.21. The average molecular weight is 192 g/mol. The van der Waals surface area contributed by atoms with Crippen LogP contribution < -0.4 is 0 Å². The van der Waals surface area contributed by atoms with Crippen molar-refractivity contribution in [1.82, 2.24) is 0 Å². The zero-order valence-electron chi connectivity index (χ0n) is 9.60. The topological polar surface area (TPSA) is 0 Å². The second-order valence-electron chi connectivity index (χ2n) is 5.30. The second kappa shape index (κ2) is 5.00. The van der Waals surface area contributed by atoms with E-state index < -0.39 is 0 Å². The Labute approximate surface area is 88.8 Å². The molecular formula is C14H24.